The van der Waals surface area contributed by atoms with Gasteiger partial charge in [0.05, 0.1) is 0 Å². The third-order valence-electron chi connectivity index (χ3n) is 8.83. The van der Waals surface area contributed by atoms with E-state index in [1.54, 1.807) is 0 Å². The topological polar surface area (TPSA) is 3.24 Å². The quantitative estimate of drug-likeness (QED) is 0.0537. The van der Waals surface area contributed by atoms with Gasteiger partial charge in [0.25, 0.3) is 0 Å². The van der Waals surface area contributed by atoms with E-state index < -0.39 is 0 Å². The van der Waals surface area contributed by atoms with E-state index in [-0.39, 0.29) is 0 Å². The second-order valence-electron chi connectivity index (χ2n) is 13.3. The Hall–Kier alpha value is 0.240. The fourth-order valence-electron chi connectivity index (χ4n) is 5.93. The zero-order valence-electron chi connectivity index (χ0n) is 29.0. The van der Waals surface area contributed by atoms with Crippen molar-refractivity contribution in [1.29, 1.82) is 0 Å². The molecular formula is C38H77NS2. The van der Waals surface area contributed by atoms with Crippen LogP contribution in [-0.4, -0.2) is 27.6 Å². The molecule has 0 bridgehead atoms. The summed E-state index contributed by atoms with van der Waals surface area (Å²) in [6.45, 7) is 10.4. The van der Waals surface area contributed by atoms with E-state index in [9.17, 15) is 0 Å². The molecule has 0 spiro atoms. The van der Waals surface area contributed by atoms with Crippen molar-refractivity contribution in [2.45, 2.75) is 226 Å². The highest BCUT2D eigenvalue weighted by Crippen LogP contribution is 2.19. The lowest BCUT2D eigenvalue weighted by atomic mass is 10.0. The molecule has 0 radical (unpaired) electrons. The van der Waals surface area contributed by atoms with Gasteiger partial charge < -0.3 is 4.90 Å². The summed E-state index contributed by atoms with van der Waals surface area (Å²) in [5.41, 5.74) is 0. The average Bonchev–Trinajstić information content (AvgIpc) is 2.96. The van der Waals surface area contributed by atoms with Gasteiger partial charge in [0.15, 0.2) is 0 Å². The predicted octanol–water partition coefficient (Wildman–Crippen LogP) is 14.5. The van der Waals surface area contributed by atoms with Crippen LogP contribution in [0.5, 0.6) is 0 Å². The molecule has 0 heterocycles. The highest BCUT2D eigenvalue weighted by atomic mass is 32.2. The first kappa shape index (κ1) is 41.2. The molecule has 246 valence electrons. The number of nitrogens with zero attached hydrogens (tertiary/aromatic N) is 1. The first-order valence-electron chi connectivity index (χ1n) is 19.1. The number of hydrogen-bond acceptors (Lipinski definition) is 2. The summed E-state index contributed by atoms with van der Waals surface area (Å²) in [5, 5.41) is 0. The third kappa shape index (κ3) is 31.5. The molecule has 0 fully saturated rings. The Bertz CT molecular complexity index is 507. The molecule has 0 atom stereocenters. The summed E-state index contributed by atoms with van der Waals surface area (Å²) >= 11 is 7.79. The van der Waals surface area contributed by atoms with E-state index in [4.69, 9.17) is 12.2 Å². The minimum Gasteiger partial charge on any atom is -0.355 e. The molecule has 0 aromatic heterocycles. The van der Waals surface area contributed by atoms with Crippen LogP contribution in [0.4, 0.5) is 0 Å². The Balaban J connectivity index is 3.51. The predicted molar refractivity (Wildman–Crippen MR) is 197 cm³/mol. The van der Waals surface area contributed by atoms with Crippen molar-refractivity contribution in [3.05, 3.63) is 0 Å². The Kier molecular flexibility index (Phi) is 34.9. The zero-order valence-corrected chi connectivity index (χ0v) is 30.6. The van der Waals surface area contributed by atoms with Gasteiger partial charge in [-0.2, -0.15) is 0 Å². The minimum absolute atomic E-state index is 0.530. The van der Waals surface area contributed by atoms with E-state index >= 15 is 0 Å². The fraction of sp³-hybridized carbons (Fsp3) is 0.974. The SMILES string of the molecule is CCCCCCCCCCCCCCCCCCN(C(=S)SCCCCCCCCCCCCCCCC)C(C)C. The maximum Gasteiger partial charge on any atom is 0.136 e. The van der Waals surface area contributed by atoms with Crippen LogP contribution in [0.1, 0.15) is 220 Å². The van der Waals surface area contributed by atoms with E-state index in [1.807, 2.05) is 11.8 Å². The molecule has 0 aromatic rings. The first-order valence-corrected chi connectivity index (χ1v) is 20.5. The van der Waals surface area contributed by atoms with Crippen molar-refractivity contribution in [3.8, 4) is 0 Å². The van der Waals surface area contributed by atoms with Crippen LogP contribution in [-0.2, 0) is 0 Å². The summed E-state index contributed by atoms with van der Waals surface area (Å²) in [7, 11) is 0. The Labute approximate surface area is 270 Å². The number of rotatable bonds is 33. The summed E-state index contributed by atoms with van der Waals surface area (Å²) < 4.78 is 1.15. The van der Waals surface area contributed by atoms with Gasteiger partial charge in [-0.25, -0.2) is 0 Å². The van der Waals surface area contributed by atoms with Gasteiger partial charge in [0.2, 0.25) is 0 Å². The molecule has 0 aliphatic carbocycles. The molecule has 0 aliphatic rings. The van der Waals surface area contributed by atoms with Crippen LogP contribution >= 0.6 is 24.0 Å². The largest absolute Gasteiger partial charge is 0.355 e. The van der Waals surface area contributed by atoms with Crippen LogP contribution in [0.25, 0.3) is 0 Å². The van der Waals surface area contributed by atoms with E-state index in [2.05, 4.69) is 32.6 Å². The van der Waals surface area contributed by atoms with Crippen molar-refractivity contribution in [1.82, 2.24) is 4.90 Å². The maximum atomic E-state index is 5.85. The molecule has 0 N–H and O–H groups in total. The summed E-state index contributed by atoms with van der Waals surface area (Å²) in [6.07, 6.45) is 42.9. The summed E-state index contributed by atoms with van der Waals surface area (Å²) in [5.74, 6) is 1.21. The van der Waals surface area contributed by atoms with E-state index in [0.717, 1.165) is 10.9 Å². The number of thiocarbonyl (C=S) groups is 1. The maximum absolute atomic E-state index is 5.85. The van der Waals surface area contributed by atoms with Crippen molar-refractivity contribution in [2.75, 3.05) is 12.3 Å². The lowest BCUT2D eigenvalue weighted by molar-refractivity contribution is 0.349. The summed E-state index contributed by atoms with van der Waals surface area (Å²) in [4.78, 5) is 2.49. The van der Waals surface area contributed by atoms with Crippen LogP contribution < -0.4 is 0 Å². The third-order valence-corrected chi connectivity index (χ3v) is 10.4. The van der Waals surface area contributed by atoms with Crippen molar-refractivity contribution in [3.63, 3.8) is 0 Å². The lowest BCUT2D eigenvalue weighted by Gasteiger charge is -2.29. The lowest BCUT2D eigenvalue weighted by Crippen LogP contribution is -2.35. The highest BCUT2D eigenvalue weighted by Gasteiger charge is 2.13. The van der Waals surface area contributed by atoms with Gasteiger partial charge in [0.1, 0.15) is 4.32 Å². The molecule has 1 nitrogen and oxygen atoms in total. The minimum atomic E-state index is 0.530. The van der Waals surface area contributed by atoms with E-state index in [1.165, 1.54) is 198 Å². The Morgan fingerprint density at radius 2 is 0.707 bits per heavy atom. The smallest absolute Gasteiger partial charge is 0.136 e. The van der Waals surface area contributed by atoms with Crippen LogP contribution in [0.2, 0.25) is 0 Å². The number of thioether (sulfide) groups is 1. The van der Waals surface area contributed by atoms with E-state index in [0.29, 0.717) is 6.04 Å². The standard InChI is InChI=1S/C38H77NS2/c1-5-7-9-11-13-15-17-19-21-22-23-25-27-29-31-33-35-39(37(3)4)38(40)41-36-34-32-30-28-26-24-20-18-16-14-12-10-8-6-2/h37H,5-36H2,1-4H3. The molecule has 0 rings (SSSR count). The highest BCUT2D eigenvalue weighted by molar-refractivity contribution is 8.22. The Morgan fingerprint density at radius 3 is 1.00 bits per heavy atom. The summed E-state index contributed by atoms with van der Waals surface area (Å²) in [6, 6.07) is 0.530. The molecule has 3 heteroatoms. The van der Waals surface area contributed by atoms with Gasteiger partial charge in [-0.05, 0) is 26.7 Å². The Morgan fingerprint density at radius 1 is 0.439 bits per heavy atom. The van der Waals surface area contributed by atoms with Gasteiger partial charge in [-0.15, -0.1) is 0 Å². The van der Waals surface area contributed by atoms with Crippen LogP contribution in [0.3, 0.4) is 0 Å². The zero-order chi connectivity index (χ0) is 30.1. The molecule has 0 saturated heterocycles. The van der Waals surface area contributed by atoms with Gasteiger partial charge in [-0.1, -0.05) is 218 Å². The molecule has 0 aromatic carbocycles. The second-order valence-corrected chi connectivity index (χ2v) is 15.0. The molecule has 0 aliphatic heterocycles. The van der Waals surface area contributed by atoms with Crippen molar-refractivity contribution in [2.24, 2.45) is 0 Å². The van der Waals surface area contributed by atoms with Crippen LogP contribution in [0.15, 0.2) is 0 Å². The fourth-order valence-corrected chi connectivity index (χ4v) is 7.47. The van der Waals surface area contributed by atoms with Crippen LogP contribution in [0, 0.1) is 0 Å². The molecule has 0 unspecified atom stereocenters. The van der Waals surface area contributed by atoms with Crippen molar-refractivity contribution >= 4 is 28.3 Å². The normalized spacial score (nSPS) is 11.5. The first-order chi connectivity index (χ1) is 20.1. The number of unbranched alkanes of at least 4 members (excludes halogenated alkanes) is 28. The van der Waals surface area contributed by atoms with Gasteiger partial charge >= 0.3 is 0 Å². The molecule has 0 saturated carbocycles. The van der Waals surface area contributed by atoms with Gasteiger partial charge in [-0.3, -0.25) is 0 Å². The van der Waals surface area contributed by atoms with Crippen molar-refractivity contribution < 1.29 is 0 Å². The second kappa shape index (κ2) is 34.7. The molecule has 0 amide bonds. The molecular weight excluding hydrogens is 535 g/mol. The average molecular weight is 612 g/mol. The molecule has 41 heavy (non-hydrogen) atoms. The monoisotopic (exact) mass is 612 g/mol. The number of hydrogen-bond donors (Lipinski definition) is 0. The van der Waals surface area contributed by atoms with Gasteiger partial charge in [0, 0.05) is 18.3 Å².